The highest BCUT2D eigenvalue weighted by Gasteiger charge is 2.05. The number of aryl methyl sites for hydroxylation is 1. The Labute approximate surface area is 117 Å². The first-order chi connectivity index (χ1) is 8.56. The summed E-state index contributed by atoms with van der Waals surface area (Å²) in [5.41, 5.74) is 9.55. The molecule has 0 aromatic heterocycles. The van der Waals surface area contributed by atoms with Gasteiger partial charge in [-0.25, -0.2) is 0 Å². The van der Waals surface area contributed by atoms with Gasteiger partial charge in [-0.2, -0.15) is 0 Å². The van der Waals surface area contributed by atoms with Gasteiger partial charge in [-0.05, 0) is 43.3 Å². The van der Waals surface area contributed by atoms with Gasteiger partial charge in [0, 0.05) is 22.0 Å². The summed E-state index contributed by atoms with van der Waals surface area (Å²) in [6, 6.07) is 13.4. The third-order valence-electron chi connectivity index (χ3n) is 2.56. The van der Waals surface area contributed by atoms with Crippen LogP contribution in [0.25, 0.3) is 0 Å². The van der Waals surface area contributed by atoms with Crippen molar-refractivity contribution in [3.8, 4) is 0 Å². The molecule has 18 heavy (non-hydrogen) atoms. The zero-order valence-electron chi connectivity index (χ0n) is 9.91. The van der Waals surface area contributed by atoms with E-state index in [0.29, 0.717) is 10.0 Å². The first kappa shape index (κ1) is 12.9. The Hall–Kier alpha value is -1.58. The van der Waals surface area contributed by atoms with E-state index in [0.717, 1.165) is 22.5 Å². The van der Waals surface area contributed by atoms with Crippen molar-refractivity contribution in [3.05, 3.63) is 58.6 Å². The van der Waals surface area contributed by atoms with E-state index in [9.17, 15) is 0 Å². The first-order valence-corrected chi connectivity index (χ1v) is 6.28. The van der Waals surface area contributed by atoms with Crippen LogP contribution in [0.2, 0.25) is 5.02 Å². The van der Waals surface area contributed by atoms with Crippen molar-refractivity contribution in [2.45, 2.75) is 6.92 Å². The summed E-state index contributed by atoms with van der Waals surface area (Å²) in [5, 5.41) is 3.99. The lowest BCUT2D eigenvalue weighted by Gasteiger charge is -2.12. The smallest absolute Gasteiger partial charge is 0.106 e. The van der Waals surface area contributed by atoms with Crippen molar-refractivity contribution in [3.63, 3.8) is 0 Å². The van der Waals surface area contributed by atoms with Crippen LogP contribution < -0.4 is 11.1 Å². The molecule has 92 valence electrons. The van der Waals surface area contributed by atoms with E-state index in [-0.39, 0.29) is 0 Å². The second-order valence-corrected chi connectivity index (χ2v) is 4.92. The third kappa shape index (κ3) is 3.00. The monoisotopic (exact) mass is 276 g/mol. The third-order valence-corrected chi connectivity index (χ3v) is 3.04. The molecule has 0 heterocycles. The number of hydrogen-bond acceptors (Lipinski definition) is 2. The van der Waals surface area contributed by atoms with Crippen LogP contribution >= 0.6 is 23.8 Å². The molecule has 0 unspecified atom stereocenters. The molecule has 0 amide bonds. The molecule has 0 saturated heterocycles. The van der Waals surface area contributed by atoms with Crippen molar-refractivity contribution in [1.29, 1.82) is 0 Å². The highest BCUT2D eigenvalue weighted by atomic mass is 35.5. The molecular formula is C14H13ClN2S. The number of nitrogens with two attached hydrogens (primary N) is 1. The van der Waals surface area contributed by atoms with E-state index in [4.69, 9.17) is 29.6 Å². The quantitative estimate of drug-likeness (QED) is 0.832. The minimum atomic E-state index is 0.384. The number of nitrogens with one attached hydrogen (secondary N) is 1. The van der Waals surface area contributed by atoms with E-state index in [2.05, 4.69) is 5.32 Å². The number of hydrogen-bond donors (Lipinski definition) is 2. The number of halogens is 1. The standard InChI is InChI=1S/C14H13ClN2S/c1-9-2-7-13(12(8-9)14(16)18)17-11-5-3-10(15)4-6-11/h2-8,17H,1H3,(H2,16,18). The van der Waals surface area contributed by atoms with Crippen LogP contribution in [0.5, 0.6) is 0 Å². The Bertz CT molecular complexity index is 579. The molecule has 0 spiro atoms. The lowest BCUT2D eigenvalue weighted by Crippen LogP contribution is -2.12. The Morgan fingerprint density at radius 2 is 1.83 bits per heavy atom. The predicted molar refractivity (Wildman–Crippen MR) is 81.8 cm³/mol. The average molecular weight is 277 g/mol. The highest BCUT2D eigenvalue weighted by Crippen LogP contribution is 2.23. The van der Waals surface area contributed by atoms with Gasteiger partial charge in [-0.15, -0.1) is 0 Å². The summed E-state index contributed by atoms with van der Waals surface area (Å²) >= 11 is 10.9. The van der Waals surface area contributed by atoms with Crippen molar-refractivity contribution >= 4 is 40.2 Å². The average Bonchev–Trinajstić information content (AvgIpc) is 2.34. The van der Waals surface area contributed by atoms with Crippen LogP contribution in [-0.4, -0.2) is 4.99 Å². The fraction of sp³-hybridized carbons (Fsp3) is 0.0714. The minimum Gasteiger partial charge on any atom is -0.389 e. The molecule has 3 N–H and O–H groups in total. The van der Waals surface area contributed by atoms with Gasteiger partial charge in [0.2, 0.25) is 0 Å². The maximum atomic E-state index is 5.85. The van der Waals surface area contributed by atoms with Crippen molar-refractivity contribution < 1.29 is 0 Å². The van der Waals surface area contributed by atoms with Gasteiger partial charge in [-0.1, -0.05) is 35.4 Å². The van der Waals surface area contributed by atoms with Gasteiger partial charge in [0.1, 0.15) is 4.99 Å². The zero-order chi connectivity index (χ0) is 13.1. The first-order valence-electron chi connectivity index (χ1n) is 5.49. The van der Waals surface area contributed by atoms with Gasteiger partial charge < -0.3 is 11.1 Å². The van der Waals surface area contributed by atoms with Gasteiger partial charge in [0.25, 0.3) is 0 Å². The van der Waals surface area contributed by atoms with E-state index >= 15 is 0 Å². The fourth-order valence-electron chi connectivity index (χ4n) is 1.66. The van der Waals surface area contributed by atoms with Crippen LogP contribution in [-0.2, 0) is 0 Å². The maximum Gasteiger partial charge on any atom is 0.106 e. The molecule has 0 bridgehead atoms. The molecule has 0 saturated carbocycles. The van der Waals surface area contributed by atoms with Crippen LogP contribution in [0.1, 0.15) is 11.1 Å². The van der Waals surface area contributed by atoms with Crippen molar-refractivity contribution in [2.24, 2.45) is 5.73 Å². The topological polar surface area (TPSA) is 38.0 Å². The normalized spacial score (nSPS) is 10.1. The largest absolute Gasteiger partial charge is 0.389 e. The number of rotatable bonds is 3. The molecule has 0 aliphatic carbocycles. The van der Waals surface area contributed by atoms with Gasteiger partial charge in [0.05, 0.1) is 0 Å². The SMILES string of the molecule is Cc1ccc(Nc2ccc(Cl)cc2)c(C(N)=S)c1. The highest BCUT2D eigenvalue weighted by molar-refractivity contribution is 7.80. The number of anilines is 2. The van der Waals surface area contributed by atoms with Gasteiger partial charge in [0.15, 0.2) is 0 Å². The predicted octanol–water partition coefficient (Wildman–Crippen LogP) is 4.03. The van der Waals surface area contributed by atoms with E-state index in [1.54, 1.807) is 0 Å². The number of thiocarbonyl (C=S) groups is 1. The summed E-state index contributed by atoms with van der Waals surface area (Å²) in [6.45, 7) is 2.01. The van der Waals surface area contributed by atoms with Crippen LogP contribution in [0.15, 0.2) is 42.5 Å². The Morgan fingerprint density at radius 3 is 2.44 bits per heavy atom. The molecule has 0 aliphatic heterocycles. The summed E-state index contributed by atoms with van der Waals surface area (Å²) in [7, 11) is 0. The minimum absolute atomic E-state index is 0.384. The lowest BCUT2D eigenvalue weighted by atomic mass is 10.1. The van der Waals surface area contributed by atoms with E-state index in [1.165, 1.54) is 0 Å². The number of benzene rings is 2. The molecule has 2 aromatic rings. The lowest BCUT2D eigenvalue weighted by molar-refractivity contribution is 1.43. The Morgan fingerprint density at radius 1 is 1.17 bits per heavy atom. The Kier molecular flexibility index (Phi) is 3.84. The van der Waals surface area contributed by atoms with Gasteiger partial charge in [-0.3, -0.25) is 0 Å². The van der Waals surface area contributed by atoms with Gasteiger partial charge >= 0.3 is 0 Å². The zero-order valence-corrected chi connectivity index (χ0v) is 11.5. The summed E-state index contributed by atoms with van der Waals surface area (Å²) in [6.07, 6.45) is 0. The van der Waals surface area contributed by atoms with E-state index in [1.807, 2.05) is 49.4 Å². The van der Waals surface area contributed by atoms with Crippen LogP contribution in [0, 0.1) is 6.92 Å². The second kappa shape index (κ2) is 5.38. The van der Waals surface area contributed by atoms with Crippen molar-refractivity contribution in [1.82, 2.24) is 0 Å². The Balaban J connectivity index is 2.34. The molecule has 2 aromatic carbocycles. The molecule has 0 radical (unpaired) electrons. The van der Waals surface area contributed by atoms with Crippen molar-refractivity contribution in [2.75, 3.05) is 5.32 Å². The molecule has 4 heteroatoms. The summed E-state index contributed by atoms with van der Waals surface area (Å²) in [4.78, 5) is 0.384. The molecule has 0 atom stereocenters. The second-order valence-electron chi connectivity index (χ2n) is 4.05. The van der Waals surface area contributed by atoms with Crippen LogP contribution in [0.4, 0.5) is 11.4 Å². The maximum absolute atomic E-state index is 5.85. The molecule has 2 rings (SSSR count). The molecular weight excluding hydrogens is 264 g/mol. The molecule has 0 aliphatic rings. The molecule has 0 fully saturated rings. The fourth-order valence-corrected chi connectivity index (χ4v) is 1.95. The molecule has 2 nitrogen and oxygen atoms in total. The van der Waals surface area contributed by atoms with Crippen LogP contribution in [0.3, 0.4) is 0 Å². The summed E-state index contributed by atoms with van der Waals surface area (Å²) < 4.78 is 0. The van der Waals surface area contributed by atoms with E-state index < -0.39 is 0 Å². The summed E-state index contributed by atoms with van der Waals surface area (Å²) in [5.74, 6) is 0.